The molecule has 0 unspecified atom stereocenters. The molecule has 4 heteroatoms. The van der Waals surface area contributed by atoms with E-state index >= 15 is 0 Å². The highest BCUT2D eigenvalue weighted by Crippen LogP contribution is 2.37. The monoisotopic (exact) mass is 298 g/mol. The number of rotatable bonds is 5. The molecule has 0 fully saturated rings. The van der Waals surface area contributed by atoms with Crippen molar-refractivity contribution in [2.24, 2.45) is 0 Å². The predicted molar refractivity (Wildman–Crippen MR) is 89.2 cm³/mol. The smallest absolute Gasteiger partial charge is 0.128 e. The van der Waals surface area contributed by atoms with Gasteiger partial charge in [-0.2, -0.15) is 0 Å². The van der Waals surface area contributed by atoms with Gasteiger partial charge in [-0.05, 0) is 23.9 Å². The minimum atomic E-state index is 0.874. The van der Waals surface area contributed by atoms with Gasteiger partial charge in [0, 0.05) is 18.3 Å². The molecule has 3 rings (SSSR count). The standard InChI is InChI=1S/C17H18N2OS/c1-18-10-9-16-19-14(11-21-16)17-13-6-4-3-5-12(13)7-8-15(17)20-2/h3-8,11,18H,9-10H2,1-2H3. The number of aromatic nitrogens is 1. The molecule has 0 saturated heterocycles. The second kappa shape index (κ2) is 6.24. The van der Waals surface area contributed by atoms with Crippen molar-refractivity contribution < 1.29 is 4.74 Å². The third-order valence-electron chi connectivity index (χ3n) is 3.51. The maximum absolute atomic E-state index is 5.55. The summed E-state index contributed by atoms with van der Waals surface area (Å²) in [5, 5.41) is 8.82. The van der Waals surface area contributed by atoms with Crippen LogP contribution >= 0.6 is 11.3 Å². The van der Waals surface area contributed by atoms with E-state index in [0.717, 1.165) is 35.0 Å². The Morgan fingerprint density at radius 2 is 2.05 bits per heavy atom. The van der Waals surface area contributed by atoms with Crippen molar-refractivity contribution in [2.75, 3.05) is 20.7 Å². The van der Waals surface area contributed by atoms with Crippen LogP contribution in [0.5, 0.6) is 5.75 Å². The van der Waals surface area contributed by atoms with Gasteiger partial charge in [-0.15, -0.1) is 11.3 Å². The second-order valence-corrected chi connectivity index (χ2v) is 5.79. The van der Waals surface area contributed by atoms with Gasteiger partial charge in [0.2, 0.25) is 0 Å². The van der Waals surface area contributed by atoms with Crippen LogP contribution in [0.25, 0.3) is 22.0 Å². The molecule has 21 heavy (non-hydrogen) atoms. The summed E-state index contributed by atoms with van der Waals surface area (Å²) in [7, 11) is 3.67. The summed E-state index contributed by atoms with van der Waals surface area (Å²) in [6.45, 7) is 0.944. The van der Waals surface area contributed by atoms with Gasteiger partial charge in [-0.1, -0.05) is 30.3 Å². The lowest BCUT2D eigenvalue weighted by Gasteiger charge is -2.10. The molecule has 1 heterocycles. The van der Waals surface area contributed by atoms with Gasteiger partial charge in [0.15, 0.2) is 0 Å². The molecule has 0 bridgehead atoms. The first-order valence-corrected chi connectivity index (χ1v) is 7.86. The maximum atomic E-state index is 5.55. The van der Waals surface area contributed by atoms with E-state index in [2.05, 4.69) is 41.0 Å². The van der Waals surface area contributed by atoms with Crippen LogP contribution in [-0.2, 0) is 6.42 Å². The zero-order chi connectivity index (χ0) is 14.7. The summed E-state index contributed by atoms with van der Waals surface area (Å²) in [6.07, 6.45) is 0.953. The highest BCUT2D eigenvalue weighted by Gasteiger charge is 2.13. The number of hydrogen-bond acceptors (Lipinski definition) is 4. The summed E-state index contributed by atoms with van der Waals surface area (Å²) in [5.74, 6) is 0.874. The fourth-order valence-corrected chi connectivity index (χ4v) is 3.25. The lowest BCUT2D eigenvalue weighted by Crippen LogP contribution is -2.09. The maximum Gasteiger partial charge on any atom is 0.128 e. The molecule has 0 aliphatic rings. The molecule has 1 N–H and O–H groups in total. The van der Waals surface area contributed by atoms with Crippen molar-refractivity contribution in [2.45, 2.75) is 6.42 Å². The Balaban J connectivity index is 2.11. The van der Waals surface area contributed by atoms with E-state index in [-0.39, 0.29) is 0 Å². The lowest BCUT2D eigenvalue weighted by atomic mass is 10.0. The molecule has 0 atom stereocenters. The van der Waals surface area contributed by atoms with E-state index in [1.165, 1.54) is 10.8 Å². The molecule has 0 aliphatic carbocycles. The van der Waals surface area contributed by atoms with Crippen molar-refractivity contribution in [3.8, 4) is 17.0 Å². The molecular weight excluding hydrogens is 280 g/mol. The molecule has 3 aromatic rings. The molecule has 108 valence electrons. The minimum Gasteiger partial charge on any atom is -0.496 e. The van der Waals surface area contributed by atoms with Crippen LogP contribution in [0.2, 0.25) is 0 Å². The quantitative estimate of drug-likeness (QED) is 0.779. The third kappa shape index (κ3) is 2.77. The van der Waals surface area contributed by atoms with Crippen molar-refractivity contribution in [3.05, 3.63) is 46.8 Å². The average molecular weight is 298 g/mol. The van der Waals surface area contributed by atoms with Crippen LogP contribution in [0.1, 0.15) is 5.01 Å². The van der Waals surface area contributed by atoms with Crippen LogP contribution in [0.3, 0.4) is 0 Å². The predicted octanol–water partition coefficient (Wildman–Crippen LogP) is 3.73. The van der Waals surface area contributed by atoms with E-state index in [1.54, 1.807) is 18.4 Å². The van der Waals surface area contributed by atoms with Crippen LogP contribution in [0.15, 0.2) is 41.8 Å². The van der Waals surface area contributed by atoms with Gasteiger partial charge >= 0.3 is 0 Å². The van der Waals surface area contributed by atoms with Crippen molar-refractivity contribution in [3.63, 3.8) is 0 Å². The van der Waals surface area contributed by atoms with E-state index in [4.69, 9.17) is 9.72 Å². The topological polar surface area (TPSA) is 34.2 Å². The molecule has 0 aliphatic heterocycles. The van der Waals surface area contributed by atoms with E-state index in [1.807, 2.05) is 13.1 Å². The molecule has 3 nitrogen and oxygen atoms in total. The Kier molecular flexibility index (Phi) is 4.18. The zero-order valence-corrected chi connectivity index (χ0v) is 13.0. The zero-order valence-electron chi connectivity index (χ0n) is 12.2. The normalized spacial score (nSPS) is 11.0. The van der Waals surface area contributed by atoms with E-state index in [0.29, 0.717) is 0 Å². The SMILES string of the molecule is CNCCc1nc(-c2c(OC)ccc3ccccc23)cs1. The number of fused-ring (bicyclic) bond motifs is 1. The fourth-order valence-electron chi connectivity index (χ4n) is 2.46. The van der Waals surface area contributed by atoms with Crippen LogP contribution in [0.4, 0.5) is 0 Å². The Morgan fingerprint density at radius 3 is 2.86 bits per heavy atom. The van der Waals surface area contributed by atoms with Crippen molar-refractivity contribution in [1.29, 1.82) is 0 Å². The number of benzene rings is 2. The molecule has 0 saturated carbocycles. The number of nitrogens with zero attached hydrogens (tertiary/aromatic N) is 1. The number of nitrogens with one attached hydrogen (secondary N) is 1. The molecule has 2 aromatic carbocycles. The first-order chi connectivity index (χ1) is 10.3. The van der Waals surface area contributed by atoms with Gasteiger partial charge in [-0.25, -0.2) is 4.98 Å². The number of methoxy groups -OCH3 is 1. The lowest BCUT2D eigenvalue weighted by molar-refractivity contribution is 0.417. The largest absolute Gasteiger partial charge is 0.496 e. The summed E-state index contributed by atoms with van der Waals surface area (Å²) < 4.78 is 5.55. The minimum absolute atomic E-state index is 0.874. The molecular formula is C17H18N2OS. The number of hydrogen-bond donors (Lipinski definition) is 1. The summed E-state index contributed by atoms with van der Waals surface area (Å²) in [6, 6.07) is 12.5. The summed E-state index contributed by atoms with van der Waals surface area (Å²) in [5.41, 5.74) is 2.09. The second-order valence-electron chi connectivity index (χ2n) is 4.84. The van der Waals surface area contributed by atoms with Crippen molar-refractivity contribution >= 4 is 22.1 Å². The Bertz CT molecular complexity index is 751. The first-order valence-electron chi connectivity index (χ1n) is 6.98. The fraction of sp³-hybridized carbons (Fsp3) is 0.235. The van der Waals surface area contributed by atoms with Gasteiger partial charge < -0.3 is 10.1 Å². The molecule has 0 spiro atoms. The summed E-state index contributed by atoms with van der Waals surface area (Å²) >= 11 is 1.71. The first kappa shape index (κ1) is 14.0. The van der Waals surface area contributed by atoms with Gasteiger partial charge in [-0.3, -0.25) is 0 Å². The van der Waals surface area contributed by atoms with Crippen LogP contribution in [-0.4, -0.2) is 25.7 Å². The highest BCUT2D eigenvalue weighted by molar-refractivity contribution is 7.10. The molecule has 1 aromatic heterocycles. The van der Waals surface area contributed by atoms with E-state index in [9.17, 15) is 0 Å². The number of thiazole rings is 1. The third-order valence-corrected chi connectivity index (χ3v) is 4.42. The highest BCUT2D eigenvalue weighted by atomic mass is 32.1. The molecule has 0 amide bonds. The molecule has 0 radical (unpaired) electrons. The Hall–Kier alpha value is -1.91. The van der Waals surface area contributed by atoms with Gasteiger partial charge in [0.1, 0.15) is 5.75 Å². The number of likely N-dealkylation sites (N-methyl/N-ethyl adjacent to an activating group) is 1. The Labute approximate surface area is 128 Å². The van der Waals surface area contributed by atoms with Crippen LogP contribution < -0.4 is 10.1 Å². The number of ether oxygens (including phenoxy) is 1. The van der Waals surface area contributed by atoms with Gasteiger partial charge in [0.05, 0.1) is 23.4 Å². The van der Waals surface area contributed by atoms with Crippen molar-refractivity contribution in [1.82, 2.24) is 10.3 Å². The summed E-state index contributed by atoms with van der Waals surface area (Å²) in [4.78, 5) is 4.78. The Morgan fingerprint density at radius 1 is 1.19 bits per heavy atom. The van der Waals surface area contributed by atoms with Gasteiger partial charge in [0.25, 0.3) is 0 Å². The van der Waals surface area contributed by atoms with E-state index < -0.39 is 0 Å². The van der Waals surface area contributed by atoms with Crippen LogP contribution in [0, 0.1) is 0 Å². The average Bonchev–Trinajstić information content (AvgIpc) is 3.00.